The Morgan fingerprint density at radius 2 is 2.10 bits per heavy atom. The zero-order chi connectivity index (χ0) is 15.2. The van der Waals surface area contributed by atoms with Gasteiger partial charge in [0.1, 0.15) is 6.10 Å². The molecule has 1 aliphatic rings. The lowest BCUT2D eigenvalue weighted by Gasteiger charge is -2.27. The Hall–Kier alpha value is -1.88. The van der Waals surface area contributed by atoms with Crippen LogP contribution in [-0.4, -0.2) is 41.1 Å². The average Bonchev–Trinajstić information content (AvgIpc) is 3.01. The Kier molecular flexibility index (Phi) is 5.33. The molecule has 0 unspecified atom stereocenters. The van der Waals surface area contributed by atoms with Gasteiger partial charge in [-0.2, -0.15) is 0 Å². The topological polar surface area (TPSA) is 66.8 Å². The Balaban J connectivity index is 2.09. The van der Waals surface area contributed by atoms with Gasteiger partial charge in [0, 0.05) is 19.7 Å². The van der Waals surface area contributed by atoms with Crippen molar-refractivity contribution in [2.45, 2.75) is 32.4 Å². The van der Waals surface area contributed by atoms with Crippen molar-refractivity contribution in [2.24, 2.45) is 5.92 Å². The first-order valence-corrected chi connectivity index (χ1v) is 7.25. The third-order valence-electron chi connectivity index (χ3n) is 3.65. The van der Waals surface area contributed by atoms with E-state index in [2.05, 4.69) is 0 Å². The monoisotopic (exact) mass is 291 g/mol. The molecule has 0 saturated carbocycles. The molecule has 1 aromatic rings. The SMILES string of the molecule is C[C@H](CN(Cc1ccccc1)C(=O)[C@@H]1CCCO1)C(=O)O. The van der Waals surface area contributed by atoms with Gasteiger partial charge in [-0.25, -0.2) is 0 Å². The third-order valence-corrected chi connectivity index (χ3v) is 3.65. The summed E-state index contributed by atoms with van der Waals surface area (Å²) in [6.45, 7) is 2.83. The minimum Gasteiger partial charge on any atom is -0.481 e. The fraction of sp³-hybridized carbons (Fsp3) is 0.500. The molecule has 0 radical (unpaired) electrons. The molecule has 1 aliphatic heterocycles. The fourth-order valence-electron chi connectivity index (χ4n) is 2.42. The van der Waals surface area contributed by atoms with Gasteiger partial charge in [-0.05, 0) is 18.4 Å². The van der Waals surface area contributed by atoms with Crippen molar-refractivity contribution in [2.75, 3.05) is 13.2 Å². The second kappa shape index (κ2) is 7.22. The largest absolute Gasteiger partial charge is 0.481 e. The van der Waals surface area contributed by atoms with Crippen LogP contribution in [0.15, 0.2) is 30.3 Å². The summed E-state index contributed by atoms with van der Waals surface area (Å²) in [4.78, 5) is 25.2. The molecule has 1 heterocycles. The average molecular weight is 291 g/mol. The molecule has 1 saturated heterocycles. The van der Waals surface area contributed by atoms with Crippen LogP contribution in [0.5, 0.6) is 0 Å². The molecule has 1 aromatic carbocycles. The maximum atomic E-state index is 12.5. The number of carboxylic acids is 1. The molecule has 0 aromatic heterocycles. The van der Waals surface area contributed by atoms with Crippen LogP contribution >= 0.6 is 0 Å². The molecule has 1 N–H and O–H groups in total. The Labute approximate surface area is 124 Å². The van der Waals surface area contributed by atoms with E-state index in [1.54, 1.807) is 11.8 Å². The maximum Gasteiger partial charge on any atom is 0.308 e. The van der Waals surface area contributed by atoms with Crippen LogP contribution in [0.2, 0.25) is 0 Å². The normalized spacial score (nSPS) is 19.2. The van der Waals surface area contributed by atoms with E-state index in [4.69, 9.17) is 9.84 Å². The summed E-state index contributed by atoms with van der Waals surface area (Å²) in [7, 11) is 0. The van der Waals surface area contributed by atoms with Gasteiger partial charge in [-0.3, -0.25) is 9.59 Å². The highest BCUT2D eigenvalue weighted by molar-refractivity contribution is 5.82. The van der Waals surface area contributed by atoms with E-state index in [1.807, 2.05) is 30.3 Å². The van der Waals surface area contributed by atoms with Crippen molar-refractivity contribution in [3.05, 3.63) is 35.9 Å². The van der Waals surface area contributed by atoms with Gasteiger partial charge in [0.2, 0.25) is 0 Å². The van der Waals surface area contributed by atoms with Gasteiger partial charge in [-0.1, -0.05) is 37.3 Å². The number of hydrogen-bond donors (Lipinski definition) is 1. The number of rotatable bonds is 6. The highest BCUT2D eigenvalue weighted by Gasteiger charge is 2.30. The molecule has 1 fully saturated rings. The second-order valence-electron chi connectivity index (χ2n) is 5.45. The lowest BCUT2D eigenvalue weighted by molar-refractivity contribution is -0.146. The third kappa shape index (κ3) is 4.29. The van der Waals surface area contributed by atoms with Crippen LogP contribution in [0.3, 0.4) is 0 Å². The molecular formula is C16H21NO4. The number of benzene rings is 1. The van der Waals surface area contributed by atoms with Crippen LogP contribution in [0.4, 0.5) is 0 Å². The molecule has 5 heteroatoms. The zero-order valence-electron chi connectivity index (χ0n) is 12.2. The summed E-state index contributed by atoms with van der Waals surface area (Å²) in [5.74, 6) is -1.60. The van der Waals surface area contributed by atoms with E-state index < -0.39 is 18.0 Å². The number of amides is 1. The molecule has 1 amide bonds. The molecule has 0 bridgehead atoms. The van der Waals surface area contributed by atoms with Gasteiger partial charge >= 0.3 is 5.97 Å². The van der Waals surface area contributed by atoms with Crippen LogP contribution in [-0.2, 0) is 20.9 Å². The number of ether oxygens (including phenoxy) is 1. The predicted molar refractivity (Wildman–Crippen MR) is 77.6 cm³/mol. The first-order valence-electron chi connectivity index (χ1n) is 7.25. The number of carbonyl (C=O) groups is 2. The Morgan fingerprint density at radius 1 is 1.38 bits per heavy atom. The Bertz CT molecular complexity index is 482. The summed E-state index contributed by atoms with van der Waals surface area (Å²) in [5, 5.41) is 9.07. The van der Waals surface area contributed by atoms with Crippen LogP contribution in [0.1, 0.15) is 25.3 Å². The first-order chi connectivity index (χ1) is 10.1. The number of nitrogens with zero attached hydrogens (tertiary/aromatic N) is 1. The van der Waals surface area contributed by atoms with Gasteiger partial charge < -0.3 is 14.7 Å². The highest BCUT2D eigenvalue weighted by Crippen LogP contribution is 2.17. The number of carboxylic acid groups (broad SMARTS) is 1. The van der Waals surface area contributed by atoms with E-state index in [9.17, 15) is 9.59 Å². The van der Waals surface area contributed by atoms with Gasteiger partial charge in [0.15, 0.2) is 0 Å². The van der Waals surface area contributed by atoms with Gasteiger partial charge in [0.05, 0.1) is 5.92 Å². The second-order valence-corrected chi connectivity index (χ2v) is 5.45. The van der Waals surface area contributed by atoms with Crippen LogP contribution in [0.25, 0.3) is 0 Å². The number of aliphatic carboxylic acids is 1. The predicted octanol–water partition coefficient (Wildman–Crippen LogP) is 1.91. The van der Waals surface area contributed by atoms with Crippen molar-refractivity contribution in [1.29, 1.82) is 0 Å². The molecule has 2 atom stereocenters. The quantitative estimate of drug-likeness (QED) is 0.869. The van der Waals surface area contributed by atoms with E-state index in [0.717, 1.165) is 12.0 Å². The Morgan fingerprint density at radius 3 is 2.67 bits per heavy atom. The van der Waals surface area contributed by atoms with E-state index >= 15 is 0 Å². The summed E-state index contributed by atoms with van der Waals surface area (Å²) < 4.78 is 5.44. The van der Waals surface area contributed by atoms with Crippen LogP contribution in [0, 0.1) is 5.92 Å². The molecule has 21 heavy (non-hydrogen) atoms. The highest BCUT2D eigenvalue weighted by atomic mass is 16.5. The lowest BCUT2D eigenvalue weighted by Crippen LogP contribution is -2.42. The fourth-order valence-corrected chi connectivity index (χ4v) is 2.42. The summed E-state index contributed by atoms with van der Waals surface area (Å²) in [5.41, 5.74) is 0.987. The molecule has 114 valence electrons. The van der Waals surface area contributed by atoms with Crippen molar-refractivity contribution in [3.8, 4) is 0 Å². The smallest absolute Gasteiger partial charge is 0.308 e. The summed E-state index contributed by atoms with van der Waals surface area (Å²) in [6, 6.07) is 9.59. The van der Waals surface area contributed by atoms with Crippen molar-refractivity contribution in [1.82, 2.24) is 4.90 Å². The molecule has 2 rings (SSSR count). The van der Waals surface area contributed by atoms with Gasteiger partial charge in [-0.15, -0.1) is 0 Å². The minimum atomic E-state index is -0.895. The van der Waals surface area contributed by atoms with E-state index in [1.165, 1.54) is 0 Å². The van der Waals surface area contributed by atoms with Gasteiger partial charge in [0.25, 0.3) is 5.91 Å². The minimum absolute atomic E-state index is 0.107. The van der Waals surface area contributed by atoms with E-state index in [-0.39, 0.29) is 12.5 Å². The van der Waals surface area contributed by atoms with Crippen molar-refractivity contribution < 1.29 is 19.4 Å². The molecule has 0 aliphatic carbocycles. The van der Waals surface area contributed by atoms with Crippen LogP contribution < -0.4 is 0 Å². The molecular weight excluding hydrogens is 270 g/mol. The van der Waals surface area contributed by atoms with Crippen molar-refractivity contribution >= 4 is 11.9 Å². The summed E-state index contributed by atoms with van der Waals surface area (Å²) >= 11 is 0. The van der Waals surface area contributed by atoms with Crippen molar-refractivity contribution in [3.63, 3.8) is 0 Å². The number of carbonyl (C=O) groups excluding carboxylic acids is 1. The molecule has 5 nitrogen and oxygen atoms in total. The maximum absolute atomic E-state index is 12.5. The zero-order valence-corrected chi connectivity index (χ0v) is 12.2. The summed E-state index contributed by atoms with van der Waals surface area (Å²) in [6.07, 6.45) is 1.17. The standard InChI is InChI=1S/C16H21NO4/c1-12(16(19)20)10-17(11-13-6-3-2-4-7-13)15(18)14-8-5-9-21-14/h2-4,6-7,12,14H,5,8-11H2,1H3,(H,19,20)/t12-,14+/m1/s1. The first kappa shape index (κ1) is 15.5. The molecule has 0 spiro atoms. The lowest BCUT2D eigenvalue weighted by atomic mass is 10.1. The number of hydrogen-bond acceptors (Lipinski definition) is 3. The van der Waals surface area contributed by atoms with E-state index in [0.29, 0.717) is 19.6 Å².